The smallest absolute Gasteiger partial charge is 0.309 e. The van der Waals surface area contributed by atoms with Crippen LogP contribution in [0.4, 0.5) is 0 Å². The van der Waals surface area contributed by atoms with Crippen LogP contribution in [0.1, 0.15) is 24.8 Å². The van der Waals surface area contributed by atoms with Gasteiger partial charge in [-0.15, -0.1) is 0 Å². The van der Waals surface area contributed by atoms with E-state index in [2.05, 4.69) is 41.0 Å². The van der Waals surface area contributed by atoms with Crippen molar-refractivity contribution in [2.24, 2.45) is 5.92 Å². The largest absolute Gasteiger partial charge is 0.469 e. The van der Waals surface area contributed by atoms with Crippen LogP contribution in [0.25, 0.3) is 0 Å². The zero-order chi connectivity index (χ0) is 17.6. The lowest BCUT2D eigenvalue weighted by Gasteiger charge is -2.39. The van der Waals surface area contributed by atoms with E-state index >= 15 is 0 Å². The molecule has 0 aliphatic carbocycles. The average molecular weight is 346 g/mol. The minimum Gasteiger partial charge on any atom is -0.469 e. The predicted molar refractivity (Wildman–Crippen MR) is 97.6 cm³/mol. The van der Waals surface area contributed by atoms with Gasteiger partial charge in [0, 0.05) is 39.3 Å². The number of morpholine rings is 1. The number of carbonyl (C=O) groups excluding carboxylic acids is 1. The Kier molecular flexibility index (Phi) is 6.45. The zero-order valence-electron chi connectivity index (χ0n) is 15.4. The molecule has 0 saturated carbocycles. The highest BCUT2D eigenvalue weighted by atomic mass is 16.5. The fraction of sp³-hybridized carbons (Fsp3) is 0.650. The maximum atomic E-state index is 12.2. The van der Waals surface area contributed by atoms with Crippen LogP contribution in [0.15, 0.2) is 30.3 Å². The fourth-order valence-corrected chi connectivity index (χ4v) is 4.05. The molecule has 2 aliphatic heterocycles. The Morgan fingerprint density at radius 1 is 1.16 bits per heavy atom. The maximum absolute atomic E-state index is 12.2. The van der Waals surface area contributed by atoms with Gasteiger partial charge in [0.25, 0.3) is 0 Å². The number of piperidine rings is 1. The summed E-state index contributed by atoms with van der Waals surface area (Å²) in [6.07, 6.45) is 1.19. The number of methoxy groups -OCH3 is 1. The number of hydrogen-bond acceptors (Lipinski definition) is 5. The van der Waals surface area contributed by atoms with Crippen molar-refractivity contribution in [1.29, 1.82) is 0 Å². The van der Waals surface area contributed by atoms with Crippen LogP contribution in [-0.2, 0) is 14.3 Å². The Morgan fingerprint density at radius 2 is 1.92 bits per heavy atom. The number of hydrogen-bond donors (Lipinski definition) is 0. The number of likely N-dealkylation sites (tertiary alicyclic amines) is 1. The molecule has 2 saturated heterocycles. The minimum atomic E-state index is -0.0781. The van der Waals surface area contributed by atoms with Gasteiger partial charge < -0.3 is 14.4 Å². The third-order valence-electron chi connectivity index (χ3n) is 5.39. The summed E-state index contributed by atoms with van der Waals surface area (Å²) in [4.78, 5) is 17.1. The van der Waals surface area contributed by atoms with Gasteiger partial charge in [0.15, 0.2) is 0 Å². The number of carbonyl (C=O) groups is 1. The van der Waals surface area contributed by atoms with Crippen LogP contribution in [0.2, 0.25) is 0 Å². The first-order valence-electron chi connectivity index (χ1n) is 9.34. The normalized spacial score (nSPS) is 28.6. The second-order valence-electron chi connectivity index (χ2n) is 7.30. The predicted octanol–water partition coefficient (Wildman–Crippen LogP) is 1.99. The molecule has 1 aromatic carbocycles. The monoisotopic (exact) mass is 346 g/mol. The minimum absolute atomic E-state index is 0.0347. The van der Waals surface area contributed by atoms with Gasteiger partial charge in [-0.1, -0.05) is 30.3 Å². The van der Waals surface area contributed by atoms with E-state index in [1.54, 1.807) is 0 Å². The third kappa shape index (κ3) is 5.03. The average Bonchev–Trinajstić information content (AvgIpc) is 2.66. The number of esters is 1. The molecule has 1 aromatic rings. The Labute approximate surface area is 150 Å². The van der Waals surface area contributed by atoms with Gasteiger partial charge in [-0.05, 0) is 24.8 Å². The molecule has 2 fully saturated rings. The summed E-state index contributed by atoms with van der Waals surface area (Å²) < 4.78 is 10.7. The summed E-state index contributed by atoms with van der Waals surface area (Å²) in [6.45, 7) is 8.78. The molecule has 3 rings (SSSR count). The van der Waals surface area contributed by atoms with Gasteiger partial charge in [-0.2, -0.15) is 0 Å². The summed E-state index contributed by atoms with van der Waals surface area (Å²) >= 11 is 0. The van der Waals surface area contributed by atoms with E-state index in [9.17, 15) is 4.79 Å². The van der Waals surface area contributed by atoms with Gasteiger partial charge >= 0.3 is 5.97 Å². The van der Waals surface area contributed by atoms with E-state index < -0.39 is 0 Å². The third-order valence-corrected chi connectivity index (χ3v) is 5.39. The van der Waals surface area contributed by atoms with Crippen LogP contribution in [0.3, 0.4) is 0 Å². The first-order chi connectivity index (χ1) is 12.2. The van der Waals surface area contributed by atoms with Crippen molar-refractivity contribution in [2.75, 3.05) is 53.0 Å². The quantitative estimate of drug-likeness (QED) is 0.763. The zero-order valence-corrected chi connectivity index (χ0v) is 15.4. The van der Waals surface area contributed by atoms with Crippen LogP contribution < -0.4 is 0 Å². The molecule has 138 valence electrons. The number of benzene rings is 1. The van der Waals surface area contributed by atoms with Crippen LogP contribution >= 0.6 is 0 Å². The molecule has 5 heteroatoms. The van der Waals surface area contributed by atoms with Crippen molar-refractivity contribution >= 4 is 5.97 Å². The van der Waals surface area contributed by atoms with Crippen LogP contribution in [0.5, 0.6) is 0 Å². The fourth-order valence-electron chi connectivity index (χ4n) is 4.05. The van der Waals surface area contributed by atoms with E-state index in [-0.39, 0.29) is 11.9 Å². The van der Waals surface area contributed by atoms with Crippen molar-refractivity contribution in [1.82, 2.24) is 9.80 Å². The molecule has 0 spiro atoms. The second kappa shape index (κ2) is 8.79. The Morgan fingerprint density at radius 3 is 2.64 bits per heavy atom. The highest BCUT2D eigenvalue weighted by molar-refractivity contribution is 5.72. The van der Waals surface area contributed by atoms with Crippen molar-refractivity contribution < 1.29 is 14.3 Å². The SMILES string of the molecule is COC(=O)[C@@H]1C[C@H](c2ccccc2)CN(CCN2CCO[C@H](C)C2)C1. The van der Waals surface area contributed by atoms with Gasteiger partial charge in [-0.3, -0.25) is 9.69 Å². The first-order valence-corrected chi connectivity index (χ1v) is 9.34. The standard InChI is InChI=1S/C20H30N2O3/c1-16-13-21(10-11-25-16)8-9-22-14-18(17-6-4-3-5-7-17)12-19(15-22)20(23)24-2/h3-7,16,18-19H,8-15H2,1-2H3/t16-,18+,19-/m1/s1. The molecular weight excluding hydrogens is 316 g/mol. The molecule has 2 heterocycles. The summed E-state index contributed by atoms with van der Waals surface area (Å²) in [7, 11) is 1.49. The van der Waals surface area contributed by atoms with Crippen molar-refractivity contribution in [3.05, 3.63) is 35.9 Å². The Bertz CT molecular complexity index is 551. The van der Waals surface area contributed by atoms with E-state index in [0.717, 1.165) is 52.3 Å². The van der Waals surface area contributed by atoms with Gasteiger partial charge in [0.1, 0.15) is 0 Å². The number of nitrogens with zero attached hydrogens (tertiary/aromatic N) is 2. The van der Waals surface area contributed by atoms with Gasteiger partial charge in [0.05, 0.1) is 25.7 Å². The Balaban J connectivity index is 1.62. The number of ether oxygens (including phenoxy) is 2. The number of rotatable bonds is 5. The van der Waals surface area contributed by atoms with Gasteiger partial charge in [-0.25, -0.2) is 0 Å². The summed E-state index contributed by atoms with van der Waals surface area (Å²) in [5.74, 6) is 0.279. The van der Waals surface area contributed by atoms with E-state index in [0.29, 0.717) is 12.0 Å². The topological polar surface area (TPSA) is 42.0 Å². The molecule has 5 nitrogen and oxygen atoms in total. The summed E-state index contributed by atoms with van der Waals surface area (Å²) in [5.41, 5.74) is 1.32. The lowest BCUT2D eigenvalue weighted by Crippen LogP contribution is -2.48. The lowest BCUT2D eigenvalue weighted by atomic mass is 9.84. The first kappa shape index (κ1) is 18.4. The van der Waals surface area contributed by atoms with Crippen LogP contribution in [0, 0.1) is 5.92 Å². The maximum Gasteiger partial charge on any atom is 0.309 e. The molecule has 0 amide bonds. The second-order valence-corrected chi connectivity index (χ2v) is 7.30. The molecule has 2 aliphatic rings. The van der Waals surface area contributed by atoms with E-state index in [4.69, 9.17) is 9.47 Å². The molecule has 0 aromatic heterocycles. The van der Waals surface area contributed by atoms with Crippen molar-refractivity contribution in [2.45, 2.75) is 25.4 Å². The Hall–Kier alpha value is -1.43. The van der Waals surface area contributed by atoms with Crippen molar-refractivity contribution in [3.8, 4) is 0 Å². The summed E-state index contributed by atoms with van der Waals surface area (Å²) in [6, 6.07) is 10.5. The lowest BCUT2D eigenvalue weighted by molar-refractivity contribution is -0.147. The molecule has 0 radical (unpaired) electrons. The molecule has 0 bridgehead atoms. The molecule has 0 N–H and O–H groups in total. The highest BCUT2D eigenvalue weighted by Gasteiger charge is 2.33. The molecular formula is C20H30N2O3. The van der Waals surface area contributed by atoms with Gasteiger partial charge in [0.2, 0.25) is 0 Å². The molecule has 25 heavy (non-hydrogen) atoms. The van der Waals surface area contributed by atoms with Crippen LogP contribution in [-0.4, -0.2) is 74.9 Å². The highest BCUT2D eigenvalue weighted by Crippen LogP contribution is 2.30. The van der Waals surface area contributed by atoms with E-state index in [1.807, 2.05) is 6.07 Å². The summed E-state index contributed by atoms with van der Waals surface area (Å²) in [5, 5.41) is 0. The molecule has 3 atom stereocenters. The molecule has 0 unspecified atom stereocenters. The van der Waals surface area contributed by atoms with Crippen molar-refractivity contribution in [3.63, 3.8) is 0 Å². The van der Waals surface area contributed by atoms with E-state index in [1.165, 1.54) is 12.7 Å².